The summed E-state index contributed by atoms with van der Waals surface area (Å²) in [6.45, 7) is 3.84. The zero-order valence-corrected chi connectivity index (χ0v) is 15.7. The molecule has 1 saturated heterocycles. The van der Waals surface area contributed by atoms with Gasteiger partial charge in [-0.15, -0.1) is 12.4 Å². The van der Waals surface area contributed by atoms with Gasteiger partial charge in [0.25, 0.3) is 5.91 Å². The first-order valence-electron chi connectivity index (χ1n) is 9.00. The monoisotopic (exact) mass is 368 g/mol. The summed E-state index contributed by atoms with van der Waals surface area (Å²) in [5.74, 6) is 1.73. The highest BCUT2D eigenvalue weighted by molar-refractivity contribution is 5.94. The fourth-order valence-corrected chi connectivity index (χ4v) is 3.09. The average molecular weight is 369 g/mol. The summed E-state index contributed by atoms with van der Waals surface area (Å²) in [5.41, 5.74) is 0.703. The Kier molecular flexibility index (Phi) is 8.00. The van der Waals surface area contributed by atoms with Crippen molar-refractivity contribution in [1.29, 1.82) is 0 Å². The number of nitrogens with one attached hydrogen (secondary N) is 1. The highest BCUT2D eigenvalue weighted by Gasteiger charge is 2.26. The van der Waals surface area contributed by atoms with Gasteiger partial charge in [0.05, 0.1) is 6.61 Å². The van der Waals surface area contributed by atoms with Gasteiger partial charge in [-0.05, 0) is 56.3 Å². The Bertz CT molecular complexity index is 543. The maximum atomic E-state index is 12.7. The van der Waals surface area contributed by atoms with Gasteiger partial charge in [-0.3, -0.25) is 4.79 Å². The van der Waals surface area contributed by atoms with Crippen LogP contribution < -0.4 is 10.1 Å². The maximum absolute atomic E-state index is 12.7. The lowest BCUT2D eigenvalue weighted by Gasteiger charge is -2.32. The first-order chi connectivity index (χ1) is 11.8. The van der Waals surface area contributed by atoms with Gasteiger partial charge in [0.2, 0.25) is 0 Å². The van der Waals surface area contributed by atoms with Crippen molar-refractivity contribution in [3.63, 3.8) is 0 Å². The molecule has 1 aliphatic carbocycles. The standard InChI is InChI=1S/C19H28N2O3.ClH/c1-23-11-12-24-18-4-2-3-16(13-18)19(22)21-9-7-17(8-10-21)20-14-15-5-6-15;/h2-4,13,15,17,20H,5-12,14H2,1H3;1H. The first kappa shape index (κ1) is 20.0. The Hall–Kier alpha value is -1.30. The number of piperidine rings is 1. The predicted molar refractivity (Wildman–Crippen MR) is 101 cm³/mol. The van der Waals surface area contributed by atoms with Crippen molar-refractivity contribution in [1.82, 2.24) is 10.2 Å². The summed E-state index contributed by atoms with van der Waals surface area (Å²) in [4.78, 5) is 14.7. The molecule has 1 saturated carbocycles. The topological polar surface area (TPSA) is 50.8 Å². The molecule has 25 heavy (non-hydrogen) atoms. The second kappa shape index (κ2) is 10.00. The molecule has 0 radical (unpaired) electrons. The van der Waals surface area contributed by atoms with E-state index >= 15 is 0 Å². The third kappa shape index (κ3) is 6.17. The molecule has 0 spiro atoms. The van der Waals surface area contributed by atoms with Crippen LogP contribution in [0.3, 0.4) is 0 Å². The molecule has 0 unspecified atom stereocenters. The lowest BCUT2D eigenvalue weighted by molar-refractivity contribution is 0.0704. The Morgan fingerprint density at radius 3 is 2.64 bits per heavy atom. The van der Waals surface area contributed by atoms with E-state index in [1.165, 1.54) is 12.8 Å². The minimum Gasteiger partial charge on any atom is -0.491 e. The predicted octanol–water partition coefficient (Wildman–Crippen LogP) is 2.74. The summed E-state index contributed by atoms with van der Waals surface area (Å²) in [7, 11) is 1.65. The van der Waals surface area contributed by atoms with Gasteiger partial charge < -0.3 is 19.7 Å². The summed E-state index contributed by atoms with van der Waals surface area (Å²) >= 11 is 0. The van der Waals surface area contributed by atoms with Crippen LogP contribution in [0, 0.1) is 5.92 Å². The molecule has 6 heteroatoms. The minimum absolute atomic E-state index is 0. The van der Waals surface area contributed by atoms with E-state index in [2.05, 4.69) is 5.32 Å². The number of amides is 1. The molecule has 3 rings (SSSR count). The fraction of sp³-hybridized carbons (Fsp3) is 0.632. The van der Waals surface area contributed by atoms with Gasteiger partial charge in [0.1, 0.15) is 12.4 Å². The van der Waals surface area contributed by atoms with Gasteiger partial charge in [0.15, 0.2) is 0 Å². The van der Waals surface area contributed by atoms with Crippen LogP contribution in [-0.2, 0) is 4.74 Å². The van der Waals surface area contributed by atoms with Gasteiger partial charge in [-0.25, -0.2) is 0 Å². The highest BCUT2D eigenvalue weighted by atomic mass is 35.5. The zero-order chi connectivity index (χ0) is 16.8. The maximum Gasteiger partial charge on any atom is 0.253 e. The van der Waals surface area contributed by atoms with E-state index in [0.29, 0.717) is 24.8 Å². The molecule has 1 heterocycles. The van der Waals surface area contributed by atoms with E-state index < -0.39 is 0 Å². The number of hydrogen-bond acceptors (Lipinski definition) is 4. The number of rotatable bonds is 8. The molecular formula is C19H29ClN2O3. The number of ether oxygens (including phenoxy) is 2. The van der Waals surface area contributed by atoms with Crippen LogP contribution in [0.15, 0.2) is 24.3 Å². The molecular weight excluding hydrogens is 340 g/mol. The molecule has 1 aromatic rings. The third-order valence-corrected chi connectivity index (χ3v) is 4.81. The Morgan fingerprint density at radius 1 is 1.20 bits per heavy atom. The van der Waals surface area contributed by atoms with E-state index in [1.54, 1.807) is 7.11 Å². The van der Waals surface area contributed by atoms with Crippen LogP contribution in [0.4, 0.5) is 0 Å². The lowest BCUT2D eigenvalue weighted by atomic mass is 10.0. The van der Waals surface area contributed by atoms with Crippen molar-refractivity contribution in [3.8, 4) is 5.75 Å². The molecule has 2 fully saturated rings. The molecule has 1 aliphatic heterocycles. The van der Waals surface area contributed by atoms with Gasteiger partial charge in [0, 0.05) is 31.8 Å². The van der Waals surface area contributed by atoms with Gasteiger partial charge in [-0.1, -0.05) is 6.07 Å². The highest BCUT2D eigenvalue weighted by Crippen LogP contribution is 2.28. The van der Waals surface area contributed by atoms with Gasteiger partial charge in [-0.2, -0.15) is 0 Å². The SMILES string of the molecule is COCCOc1cccc(C(=O)N2CCC(NCC3CC3)CC2)c1.Cl. The third-order valence-electron chi connectivity index (χ3n) is 4.81. The quantitative estimate of drug-likeness (QED) is 0.717. The van der Waals surface area contributed by atoms with Crippen LogP contribution in [0.25, 0.3) is 0 Å². The van der Waals surface area contributed by atoms with E-state index in [1.807, 2.05) is 29.2 Å². The number of methoxy groups -OCH3 is 1. The van der Waals surface area contributed by atoms with Crippen molar-refractivity contribution in [2.75, 3.05) is 40.0 Å². The Balaban J connectivity index is 0.00000225. The first-order valence-corrected chi connectivity index (χ1v) is 9.00. The molecule has 0 aromatic heterocycles. The van der Waals surface area contributed by atoms with Crippen molar-refractivity contribution in [2.24, 2.45) is 5.92 Å². The Morgan fingerprint density at radius 2 is 1.96 bits per heavy atom. The van der Waals surface area contributed by atoms with Crippen molar-refractivity contribution < 1.29 is 14.3 Å². The molecule has 0 atom stereocenters. The van der Waals surface area contributed by atoms with Crippen molar-refractivity contribution >= 4 is 18.3 Å². The zero-order valence-electron chi connectivity index (χ0n) is 14.9. The van der Waals surface area contributed by atoms with Gasteiger partial charge >= 0.3 is 0 Å². The summed E-state index contributed by atoms with van der Waals surface area (Å²) < 4.78 is 10.6. The summed E-state index contributed by atoms with van der Waals surface area (Å²) in [6, 6.07) is 8.01. The molecule has 1 N–H and O–H groups in total. The number of halogens is 1. The number of carbonyl (C=O) groups excluding carboxylic acids is 1. The number of benzene rings is 1. The fourth-order valence-electron chi connectivity index (χ4n) is 3.09. The molecule has 1 amide bonds. The van der Waals surface area contributed by atoms with Crippen molar-refractivity contribution in [2.45, 2.75) is 31.7 Å². The van der Waals surface area contributed by atoms with Crippen LogP contribution in [0.2, 0.25) is 0 Å². The normalized spacial score (nSPS) is 17.9. The molecule has 1 aromatic carbocycles. The van der Waals surface area contributed by atoms with E-state index in [0.717, 1.165) is 44.1 Å². The van der Waals surface area contributed by atoms with Crippen molar-refractivity contribution in [3.05, 3.63) is 29.8 Å². The molecule has 140 valence electrons. The molecule has 0 bridgehead atoms. The second-order valence-electron chi connectivity index (χ2n) is 6.79. The summed E-state index contributed by atoms with van der Waals surface area (Å²) in [5, 5.41) is 3.65. The molecule has 2 aliphatic rings. The second-order valence-corrected chi connectivity index (χ2v) is 6.79. The van der Waals surface area contributed by atoms with Crippen LogP contribution in [0.1, 0.15) is 36.0 Å². The van der Waals surface area contributed by atoms with Crippen LogP contribution >= 0.6 is 12.4 Å². The number of carbonyl (C=O) groups is 1. The molecule has 5 nitrogen and oxygen atoms in total. The van der Waals surface area contributed by atoms with E-state index in [-0.39, 0.29) is 18.3 Å². The number of hydrogen-bond donors (Lipinski definition) is 1. The smallest absolute Gasteiger partial charge is 0.253 e. The lowest BCUT2D eigenvalue weighted by Crippen LogP contribution is -2.45. The number of nitrogens with zero attached hydrogens (tertiary/aromatic N) is 1. The average Bonchev–Trinajstić information content (AvgIpc) is 3.45. The summed E-state index contributed by atoms with van der Waals surface area (Å²) in [6.07, 6.45) is 4.85. The number of likely N-dealkylation sites (tertiary alicyclic amines) is 1. The Labute approximate surface area is 156 Å². The minimum atomic E-state index is 0. The van der Waals surface area contributed by atoms with Crippen LogP contribution in [-0.4, -0.2) is 56.8 Å². The largest absolute Gasteiger partial charge is 0.491 e. The van der Waals surface area contributed by atoms with E-state index in [4.69, 9.17) is 9.47 Å². The van der Waals surface area contributed by atoms with E-state index in [9.17, 15) is 4.79 Å². The van der Waals surface area contributed by atoms with Crippen LogP contribution in [0.5, 0.6) is 5.75 Å².